The van der Waals surface area contributed by atoms with Crippen LogP contribution in [0.5, 0.6) is 11.5 Å². The first-order valence-electron chi connectivity index (χ1n) is 6.47. The monoisotopic (exact) mass is 345 g/mol. The zero-order valence-electron chi connectivity index (χ0n) is 11.3. The van der Waals surface area contributed by atoms with E-state index in [1.165, 1.54) is 0 Å². The van der Waals surface area contributed by atoms with Crippen molar-refractivity contribution in [3.63, 3.8) is 0 Å². The second-order valence-corrected chi connectivity index (χ2v) is 5.83. The van der Waals surface area contributed by atoms with E-state index in [1.54, 1.807) is 0 Å². The van der Waals surface area contributed by atoms with E-state index >= 15 is 0 Å². The van der Waals surface area contributed by atoms with Gasteiger partial charge in [-0.05, 0) is 46.6 Å². The molecule has 4 rings (SSSR count). The Balaban J connectivity index is 1.95. The topological polar surface area (TPSA) is 61.8 Å². The Morgan fingerprint density at radius 3 is 3.00 bits per heavy atom. The summed E-state index contributed by atoms with van der Waals surface area (Å²) in [6, 6.07) is 7.81. The van der Waals surface area contributed by atoms with E-state index in [0.717, 1.165) is 32.7 Å². The number of halogens is 1. The minimum absolute atomic E-state index is 0.233. The Kier molecular flexibility index (Phi) is 2.62. The zero-order chi connectivity index (χ0) is 14.6. The number of hydrogen-bond donors (Lipinski definition) is 1. The van der Waals surface area contributed by atoms with Gasteiger partial charge in [0, 0.05) is 11.8 Å². The number of pyridine rings is 1. The summed E-state index contributed by atoms with van der Waals surface area (Å²) in [6.07, 6.45) is 1.98. The van der Waals surface area contributed by atoms with Crippen molar-refractivity contribution in [2.75, 3.05) is 12.5 Å². The van der Waals surface area contributed by atoms with Crippen LogP contribution in [0.1, 0.15) is 5.56 Å². The summed E-state index contributed by atoms with van der Waals surface area (Å²) in [5, 5.41) is 0. The van der Waals surface area contributed by atoms with Crippen LogP contribution < -0.4 is 15.2 Å². The van der Waals surface area contributed by atoms with Crippen LogP contribution in [0.25, 0.3) is 16.9 Å². The number of ether oxygens (including phenoxy) is 2. The van der Waals surface area contributed by atoms with Crippen LogP contribution in [-0.2, 0) is 0 Å². The molecule has 0 saturated heterocycles. The van der Waals surface area contributed by atoms with Gasteiger partial charge in [0.05, 0.1) is 4.47 Å². The molecule has 0 atom stereocenters. The Hall–Kier alpha value is -2.21. The molecule has 106 valence electrons. The number of nitrogens with zero attached hydrogens (tertiary/aromatic N) is 2. The molecule has 3 heterocycles. The van der Waals surface area contributed by atoms with Crippen LogP contribution in [0.2, 0.25) is 0 Å². The second kappa shape index (κ2) is 4.39. The zero-order valence-corrected chi connectivity index (χ0v) is 12.8. The third-order valence-electron chi connectivity index (χ3n) is 3.50. The van der Waals surface area contributed by atoms with Crippen LogP contribution >= 0.6 is 15.9 Å². The van der Waals surface area contributed by atoms with Gasteiger partial charge in [-0.1, -0.05) is 6.07 Å². The van der Waals surface area contributed by atoms with Crippen molar-refractivity contribution in [1.29, 1.82) is 0 Å². The predicted molar refractivity (Wildman–Crippen MR) is 83.6 cm³/mol. The second-order valence-electron chi connectivity index (χ2n) is 4.97. The quantitative estimate of drug-likeness (QED) is 0.734. The molecule has 1 aliphatic rings. The van der Waals surface area contributed by atoms with Gasteiger partial charge in [0.15, 0.2) is 11.5 Å². The Labute approximate surface area is 129 Å². The van der Waals surface area contributed by atoms with Gasteiger partial charge in [0.1, 0.15) is 17.2 Å². The maximum absolute atomic E-state index is 6.25. The molecule has 2 N–H and O–H groups in total. The first-order valence-corrected chi connectivity index (χ1v) is 7.26. The molecular formula is C15H12BrN3O2. The summed E-state index contributed by atoms with van der Waals surface area (Å²) in [6.45, 7) is 2.26. The normalized spacial score (nSPS) is 13.0. The van der Waals surface area contributed by atoms with Gasteiger partial charge in [0.2, 0.25) is 6.79 Å². The van der Waals surface area contributed by atoms with Crippen LogP contribution in [0.15, 0.2) is 34.9 Å². The lowest BCUT2D eigenvalue weighted by molar-refractivity contribution is 0.173. The number of nitrogens with two attached hydrogens (primary N) is 1. The molecule has 6 heteroatoms. The average Bonchev–Trinajstić information content (AvgIpc) is 3.05. The third-order valence-corrected chi connectivity index (χ3v) is 4.09. The van der Waals surface area contributed by atoms with Gasteiger partial charge in [0.25, 0.3) is 0 Å². The highest BCUT2D eigenvalue weighted by atomic mass is 79.9. The first-order chi connectivity index (χ1) is 10.1. The number of rotatable bonds is 1. The van der Waals surface area contributed by atoms with E-state index in [2.05, 4.69) is 20.9 Å². The fourth-order valence-corrected chi connectivity index (χ4v) is 3.04. The SMILES string of the molecule is Cc1ccc2nc(-c3cc(Br)c4c(c3)OCO4)c(N)n2c1. The maximum atomic E-state index is 6.25. The van der Waals surface area contributed by atoms with Crippen molar-refractivity contribution in [1.82, 2.24) is 9.38 Å². The third kappa shape index (κ3) is 1.86. The molecule has 21 heavy (non-hydrogen) atoms. The molecule has 0 saturated carbocycles. The minimum atomic E-state index is 0.233. The Bertz CT molecular complexity index is 873. The number of nitrogen functional groups attached to an aromatic ring is 1. The van der Waals surface area contributed by atoms with Crippen molar-refractivity contribution >= 4 is 27.4 Å². The molecule has 0 fully saturated rings. The number of aromatic nitrogens is 2. The van der Waals surface area contributed by atoms with Crippen molar-refractivity contribution in [2.45, 2.75) is 6.92 Å². The molecule has 0 unspecified atom stereocenters. The van der Waals surface area contributed by atoms with E-state index in [9.17, 15) is 0 Å². The van der Waals surface area contributed by atoms with Crippen LogP contribution in [0.3, 0.4) is 0 Å². The molecule has 5 nitrogen and oxygen atoms in total. The van der Waals surface area contributed by atoms with Gasteiger partial charge in [-0.15, -0.1) is 0 Å². The number of fused-ring (bicyclic) bond motifs is 2. The van der Waals surface area contributed by atoms with E-state index in [0.29, 0.717) is 11.6 Å². The first kappa shape index (κ1) is 12.5. The van der Waals surface area contributed by atoms with Crippen LogP contribution in [0.4, 0.5) is 5.82 Å². The fourth-order valence-electron chi connectivity index (χ4n) is 2.49. The molecule has 0 bridgehead atoms. The van der Waals surface area contributed by atoms with Crippen LogP contribution in [0, 0.1) is 6.92 Å². The fraction of sp³-hybridized carbons (Fsp3) is 0.133. The smallest absolute Gasteiger partial charge is 0.231 e. The number of aryl methyl sites for hydroxylation is 1. The highest BCUT2D eigenvalue weighted by molar-refractivity contribution is 9.10. The van der Waals surface area contributed by atoms with E-state index < -0.39 is 0 Å². The van der Waals surface area contributed by atoms with Gasteiger partial charge >= 0.3 is 0 Å². The molecule has 0 aliphatic carbocycles. The van der Waals surface area contributed by atoms with Crippen molar-refractivity contribution < 1.29 is 9.47 Å². The summed E-state index contributed by atoms with van der Waals surface area (Å²) in [5.74, 6) is 2.03. The minimum Gasteiger partial charge on any atom is -0.454 e. The van der Waals surface area contributed by atoms with Crippen molar-refractivity contribution in [2.24, 2.45) is 0 Å². The molecular weight excluding hydrogens is 334 g/mol. The van der Waals surface area contributed by atoms with E-state index in [-0.39, 0.29) is 6.79 Å². The van der Waals surface area contributed by atoms with Gasteiger partial charge < -0.3 is 15.2 Å². The molecule has 3 aromatic rings. The number of hydrogen-bond acceptors (Lipinski definition) is 4. The molecule has 1 aliphatic heterocycles. The standard InChI is InChI=1S/C15H12BrN3O2/c1-8-2-3-12-18-13(15(17)19(12)6-8)9-4-10(16)14-11(5-9)20-7-21-14/h2-6H,7,17H2,1H3. The Morgan fingerprint density at radius 1 is 1.29 bits per heavy atom. The highest BCUT2D eigenvalue weighted by Gasteiger charge is 2.21. The largest absolute Gasteiger partial charge is 0.454 e. The van der Waals surface area contributed by atoms with Crippen molar-refractivity contribution in [3.8, 4) is 22.8 Å². The number of benzene rings is 1. The molecule has 1 aromatic carbocycles. The molecule has 0 radical (unpaired) electrons. The Morgan fingerprint density at radius 2 is 2.14 bits per heavy atom. The van der Waals surface area contributed by atoms with E-state index in [1.807, 2.05) is 41.8 Å². The molecule has 0 amide bonds. The summed E-state index contributed by atoms with van der Waals surface area (Å²) in [4.78, 5) is 4.61. The molecule has 2 aromatic heterocycles. The van der Waals surface area contributed by atoms with Crippen molar-refractivity contribution in [3.05, 3.63) is 40.5 Å². The summed E-state index contributed by atoms with van der Waals surface area (Å²) >= 11 is 3.50. The lowest BCUT2D eigenvalue weighted by Crippen LogP contribution is -1.94. The van der Waals surface area contributed by atoms with Gasteiger partial charge in [-0.25, -0.2) is 4.98 Å². The molecule has 0 spiro atoms. The summed E-state index contributed by atoms with van der Waals surface area (Å²) in [7, 11) is 0. The lowest BCUT2D eigenvalue weighted by Gasteiger charge is -2.04. The maximum Gasteiger partial charge on any atom is 0.231 e. The van der Waals surface area contributed by atoms with Gasteiger partial charge in [-0.2, -0.15) is 0 Å². The van der Waals surface area contributed by atoms with E-state index in [4.69, 9.17) is 15.2 Å². The lowest BCUT2D eigenvalue weighted by atomic mass is 10.1. The summed E-state index contributed by atoms with van der Waals surface area (Å²) < 4.78 is 13.6. The number of imidazole rings is 1. The average molecular weight is 346 g/mol. The van der Waals surface area contributed by atoms with Gasteiger partial charge in [-0.3, -0.25) is 4.40 Å². The van der Waals surface area contributed by atoms with Crippen LogP contribution in [-0.4, -0.2) is 16.2 Å². The number of anilines is 1. The summed E-state index contributed by atoms with van der Waals surface area (Å²) in [5.41, 5.74) is 9.83. The highest BCUT2D eigenvalue weighted by Crippen LogP contribution is 2.43. The predicted octanol–water partition coefficient (Wildman–Crippen LogP) is 3.38.